The number of carboxylic acids is 1. The summed E-state index contributed by atoms with van der Waals surface area (Å²) in [5.74, 6) is -1.71. The number of hydrogen-bond acceptors (Lipinski definition) is 3. The second kappa shape index (κ2) is 4.09. The molecule has 0 aliphatic carbocycles. The summed E-state index contributed by atoms with van der Waals surface area (Å²) in [6, 6.07) is 8.24. The molecule has 0 heterocycles. The van der Waals surface area contributed by atoms with Gasteiger partial charge in [0, 0.05) is 5.56 Å². The smallest absolute Gasteiger partial charge is 0.324 e. The van der Waals surface area contributed by atoms with E-state index in [0.717, 1.165) is 0 Å². The Bertz CT molecular complexity index is 321. The van der Waals surface area contributed by atoms with Gasteiger partial charge < -0.3 is 5.11 Å². The molecule has 0 radical (unpaired) electrons. The number of hydrogen-bond donors (Lipinski definition) is 2. The van der Waals surface area contributed by atoms with Gasteiger partial charge in [-0.05, 0) is 0 Å². The lowest BCUT2D eigenvalue weighted by Gasteiger charge is -2.03. The topological polar surface area (TPSA) is 54.4 Å². The van der Waals surface area contributed by atoms with Crippen LogP contribution in [0.4, 0.5) is 0 Å². The number of carbonyl (C=O) groups excluding carboxylic acids is 1. The van der Waals surface area contributed by atoms with Gasteiger partial charge in [0.05, 0.1) is 0 Å². The van der Waals surface area contributed by atoms with Crippen molar-refractivity contribution >= 4 is 24.4 Å². The average molecular weight is 196 g/mol. The number of carboxylic acid groups (broad SMARTS) is 1. The molecule has 4 heteroatoms. The lowest BCUT2D eigenvalue weighted by atomic mass is 10.1. The third kappa shape index (κ3) is 2.32. The molecule has 0 aliphatic rings. The Morgan fingerprint density at radius 3 is 2.23 bits per heavy atom. The highest BCUT2D eigenvalue weighted by Gasteiger charge is 2.22. The van der Waals surface area contributed by atoms with E-state index in [-0.39, 0.29) is 0 Å². The van der Waals surface area contributed by atoms with Crippen molar-refractivity contribution in [2.45, 2.75) is 5.25 Å². The van der Waals surface area contributed by atoms with Crippen molar-refractivity contribution in [3.05, 3.63) is 35.9 Å². The first kappa shape index (κ1) is 9.80. The molecule has 3 nitrogen and oxygen atoms in total. The van der Waals surface area contributed by atoms with Crippen LogP contribution in [0.3, 0.4) is 0 Å². The van der Waals surface area contributed by atoms with Crippen LogP contribution in [0, 0.1) is 0 Å². The van der Waals surface area contributed by atoms with Gasteiger partial charge in [0.25, 0.3) is 0 Å². The molecule has 1 rings (SSSR count). The predicted octanol–water partition coefficient (Wildman–Crippen LogP) is 1.25. The van der Waals surface area contributed by atoms with Crippen LogP contribution in [0.15, 0.2) is 30.3 Å². The zero-order valence-electron chi connectivity index (χ0n) is 6.68. The van der Waals surface area contributed by atoms with Gasteiger partial charge in [-0.2, -0.15) is 12.6 Å². The molecule has 1 unspecified atom stereocenters. The Balaban J connectivity index is 2.86. The monoisotopic (exact) mass is 196 g/mol. The standard InChI is InChI=1S/C9H8O3S/c10-7(8(13)9(11)12)6-4-2-1-3-5-6/h1-5,8,13H,(H,11,12). The molecule has 0 saturated heterocycles. The van der Waals surface area contributed by atoms with E-state index < -0.39 is 17.0 Å². The third-order valence-electron chi connectivity index (χ3n) is 1.54. The van der Waals surface area contributed by atoms with Crippen LogP contribution in [0.25, 0.3) is 0 Å². The van der Waals surface area contributed by atoms with Crippen LogP contribution in [-0.4, -0.2) is 22.1 Å². The van der Waals surface area contributed by atoms with Crippen LogP contribution in [0.1, 0.15) is 10.4 Å². The molecule has 0 amide bonds. The maximum absolute atomic E-state index is 11.3. The Morgan fingerprint density at radius 2 is 1.77 bits per heavy atom. The molecule has 0 spiro atoms. The maximum atomic E-state index is 11.3. The number of benzene rings is 1. The van der Waals surface area contributed by atoms with Crippen LogP contribution in [0.2, 0.25) is 0 Å². The summed E-state index contributed by atoms with van der Waals surface area (Å²) in [6.45, 7) is 0. The minimum absolute atomic E-state index is 0.366. The minimum Gasteiger partial charge on any atom is -0.480 e. The van der Waals surface area contributed by atoms with Crippen LogP contribution < -0.4 is 0 Å². The molecule has 0 aromatic heterocycles. The third-order valence-corrected chi connectivity index (χ3v) is 2.00. The van der Waals surface area contributed by atoms with Crippen molar-refractivity contribution in [3.63, 3.8) is 0 Å². The fraction of sp³-hybridized carbons (Fsp3) is 0.111. The summed E-state index contributed by atoms with van der Waals surface area (Å²) in [5.41, 5.74) is 0.366. The Hall–Kier alpha value is -1.29. The number of ketones is 1. The van der Waals surface area contributed by atoms with Gasteiger partial charge in [0.2, 0.25) is 0 Å². The molecule has 0 bridgehead atoms. The second-order valence-corrected chi connectivity index (χ2v) is 2.99. The molecule has 68 valence electrons. The lowest BCUT2D eigenvalue weighted by Crippen LogP contribution is -2.24. The van der Waals surface area contributed by atoms with E-state index in [1.54, 1.807) is 30.3 Å². The fourth-order valence-electron chi connectivity index (χ4n) is 0.872. The van der Waals surface area contributed by atoms with Crippen molar-refractivity contribution in [3.8, 4) is 0 Å². The van der Waals surface area contributed by atoms with Crippen LogP contribution in [0.5, 0.6) is 0 Å². The van der Waals surface area contributed by atoms with Crippen molar-refractivity contribution in [1.82, 2.24) is 0 Å². The lowest BCUT2D eigenvalue weighted by molar-refractivity contribution is -0.135. The van der Waals surface area contributed by atoms with Gasteiger partial charge in [-0.1, -0.05) is 30.3 Å². The van der Waals surface area contributed by atoms with E-state index in [1.807, 2.05) is 0 Å². The van der Waals surface area contributed by atoms with E-state index in [0.29, 0.717) is 5.56 Å². The van der Waals surface area contributed by atoms with Gasteiger partial charge in [0.1, 0.15) is 0 Å². The van der Waals surface area contributed by atoms with Gasteiger partial charge in [0.15, 0.2) is 11.0 Å². The Morgan fingerprint density at radius 1 is 1.23 bits per heavy atom. The molecule has 1 N–H and O–H groups in total. The second-order valence-electron chi connectivity index (χ2n) is 2.47. The zero-order valence-corrected chi connectivity index (χ0v) is 7.57. The Kier molecular flexibility index (Phi) is 3.08. The van der Waals surface area contributed by atoms with E-state index >= 15 is 0 Å². The van der Waals surface area contributed by atoms with E-state index in [4.69, 9.17) is 5.11 Å². The highest BCUT2D eigenvalue weighted by molar-refractivity contribution is 7.82. The SMILES string of the molecule is O=C(O)C(S)C(=O)c1ccccc1. The van der Waals surface area contributed by atoms with E-state index in [9.17, 15) is 9.59 Å². The number of thiol groups is 1. The van der Waals surface area contributed by atoms with Gasteiger partial charge in [-0.15, -0.1) is 0 Å². The minimum atomic E-state index is -1.28. The van der Waals surface area contributed by atoms with Gasteiger partial charge in [-0.3, -0.25) is 9.59 Å². The largest absolute Gasteiger partial charge is 0.480 e. The highest BCUT2D eigenvalue weighted by atomic mass is 32.1. The molecule has 1 aromatic carbocycles. The number of aliphatic carboxylic acids is 1. The summed E-state index contributed by atoms with van der Waals surface area (Å²) in [5, 5.41) is 7.24. The van der Waals surface area contributed by atoms with Crippen LogP contribution >= 0.6 is 12.6 Å². The van der Waals surface area contributed by atoms with Crippen molar-refractivity contribution in [2.75, 3.05) is 0 Å². The zero-order chi connectivity index (χ0) is 9.84. The number of Topliss-reactive ketones (excluding diaryl/α,β-unsaturated/α-hetero) is 1. The quantitative estimate of drug-likeness (QED) is 0.434. The maximum Gasteiger partial charge on any atom is 0.324 e. The summed E-state index contributed by atoms with van der Waals surface area (Å²) in [6.07, 6.45) is 0. The molecule has 0 aliphatic heterocycles. The van der Waals surface area contributed by atoms with Gasteiger partial charge >= 0.3 is 5.97 Å². The van der Waals surface area contributed by atoms with Crippen molar-refractivity contribution in [1.29, 1.82) is 0 Å². The summed E-state index contributed by atoms with van der Waals surface area (Å²) >= 11 is 3.68. The highest BCUT2D eigenvalue weighted by Crippen LogP contribution is 2.07. The van der Waals surface area contributed by atoms with Crippen LogP contribution in [-0.2, 0) is 4.79 Å². The number of carbonyl (C=O) groups is 2. The van der Waals surface area contributed by atoms with Crippen molar-refractivity contribution in [2.24, 2.45) is 0 Å². The first-order chi connectivity index (χ1) is 6.13. The van der Waals surface area contributed by atoms with Crippen molar-refractivity contribution < 1.29 is 14.7 Å². The predicted molar refractivity (Wildman–Crippen MR) is 51.2 cm³/mol. The molecular formula is C9H8O3S. The van der Waals surface area contributed by atoms with E-state index in [1.165, 1.54) is 0 Å². The summed E-state index contributed by atoms with van der Waals surface area (Å²) < 4.78 is 0. The summed E-state index contributed by atoms with van der Waals surface area (Å²) in [4.78, 5) is 21.7. The first-order valence-electron chi connectivity index (χ1n) is 3.63. The number of rotatable bonds is 3. The average Bonchev–Trinajstić information content (AvgIpc) is 2.17. The molecule has 1 atom stereocenters. The molecule has 1 aromatic rings. The van der Waals surface area contributed by atoms with Gasteiger partial charge in [-0.25, -0.2) is 0 Å². The molecular weight excluding hydrogens is 188 g/mol. The molecule has 0 fully saturated rings. The first-order valence-corrected chi connectivity index (χ1v) is 4.14. The fourth-order valence-corrected chi connectivity index (χ4v) is 1.02. The molecule has 0 saturated carbocycles. The normalized spacial score (nSPS) is 12.1. The Labute approximate surface area is 80.8 Å². The van der Waals surface area contributed by atoms with E-state index in [2.05, 4.69) is 12.6 Å². The summed E-state index contributed by atoms with van der Waals surface area (Å²) in [7, 11) is 0. The molecule has 13 heavy (non-hydrogen) atoms.